The number of nitrogens with zero attached hydrogens (tertiary/aromatic N) is 1. The van der Waals surface area contributed by atoms with E-state index < -0.39 is 0 Å². The van der Waals surface area contributed by atoms with Crippen LogP contribution in [0, 0.1) is 13.8 Å². The molecule has 0 saturated heterocycles. The molecule has 47 heavy (non-hydrogen) atoms. The van der Waals surface area contributed by atoms with Gasteiger partial charge in [-0.05, 0) is 67.4 Å². The van der Waals surface area contributed by atoms with E-state index in [-0.39, 0.29) is 0 Å². The Hall–Kier alpha value is -5.64. The second kappa shape index (κ2) is 9.93. The average Bonchev–Trinajstić information content (AvgIpc) is 3.78. The molecule has 0 radical (unpaired) electrons. The quantitative estimate of drug-likeness (QED) is 0.192. The summed E-state index contributed by atoms with van der Waals surface area (Å²) in [5.41, 5.74) is 12.4. The van der Waals surface area contributed by atoms with E-state index in [4.69, 9.17) is 4.42 Å². The summed E-state index contributed by atoms with van der Waals surface area (Å²) in [4.78, 5) is 0. The first-order valence-corrected chi connectivity index (χ1v) is 16.9. The van der Waals surface area contributed by atoms with E-state index in [1.165, 1.54) is 64.2 Å². The summed E-state index contributed by atoms with van der Waals surface area (Å²) in [7, 11) is 0. The topological polar surface area (TPSA) is 18.1 Å². The smallest absolute Gasteiger partial charge is 0.159 e. The van der Waals surface area contributed by atoms with Crippen LogP contribution < -0.4 is 0 Å². The lowest BCUT2D eigenvalue weighted by molar-refractivity contribution is 0.667. The van der Waals surface area contributed by atoms with Gasteiger partial charge in [0, 0.05) is 52.8 Å². The van der Waals surface area contributed by atoms with E-state index in [0.29, 0.717) is 0 Å². The summed E-state index contributed by atoms with van der Waals surface area (Å²) in [6.07, 6.45) is 0. The minimum absolute atomic E-state index is 0.899. The van der Waals surface area contributed by atoms with E-state index in [1.807, 2.05) is 11.3 Å². The Morgan fingerprint density at radius 3 is 1.94 bits per heavy atom. The van der Waals surface area contributed by atoms with Gasteiger partial charge in [0.25, 0.3) is 0 Å². The fourth-order valence-corrected chi connectivity index (χ4v) is 8.83. The largest absolute Gasteiger partial charge is 0.453 e. The van der Waals surface area contributed by atoms with Gasteiger partial charge in [-0.2, -0.15) is 0 Å². The Labute approximate surface area is 275 Å². The molecule has 2 nitrogen and oxygen atoms in total. The predicted octanol–water partition coefficient (Wildman–Crippen LogP) is 13.0. The number of benzene rings is 7. The highest BCUT2D eigenvalue weighted by atomic mass is 32.1. The van der Waals surface area contributed by atoms with Crippen molar-refractivity contribution in [2.45, 2.75) is 13.8 Å². The summed E-state index contributed by atoms with van der Waals surface area (Å²) >= 11 is 1.87. The third-order valence-corrected chi connectivity index (χ3v) is 10.9. The van der Waals surface area contributed by atoms with Gasteiger partial charge in [0.2, 0.25) is 0 Å². The van der Waals surface area contributed by atoms with Gasteiger partial charge in [-0.1, -0.05) is 108 Å². The van der Waals surface area contributed by atoms with E-state index in [1.54, 1.807) is 0 Å². The molecule has 0 saturated carbocycles. The van der Waals surface area contributed by atoms with Gasteiger partial charge >= 0.3 is 0 Å². The van der Waals surface area contributed by atoms with E-state index >= 15 is 0 Å². The molecule has 0 unspecified atom stereocenters. The van der Waals surface area contributed by atoms with E-state index in [9.17, 15) is 0 Å². The number of furan rings is 1. The summed E-state index contributed by atoms with van der Waals surface area (Å²) in [5, 5.41) is 7.41. The number of aryl methyl sites for hydroxylation is 2. The Morgan fingerprint density at radius 2 is 1.15 bits per heavy atom. The molecule has 10 rings (SSSR count). The molecular formula is C44H29NOS. The molecule has 0 amide bonds. The highest BCUT2D eigenvalue weighted by molar-refractivity contribution is 7.26. The average molecular weight is 620 g/mol. The van der Waals surface area contributed by atoms with Crippen LogP contribution in [0.5, 0.6) is 0 Å². The fourth-order valence-electron chi connectivity index (χ4n) is 7.60. The van der Waals surface area contributed by atoms with Gasteiger partial charge in [0.05, 0.1) is 16.7 Å². The zero-order valence-corrected chi connectivity index (χ0v) is 26.9. The van der Waals surface area contributed by atoms with Gasteiger partial charge in [0.1, 0.15) is 5.58 Å². The molecule has 7 aromatic carbocycles. The molecule has 3 aromatic heterocycles. The van der Waals surface area contributed by atoms with Crippen LogP contribution in [0.15, 0.2) is 144 Å². The number of hydrogen-bond acceptors (Lipinski definition) is 2. The molecule has 0 aliphatic carbocycles. The van der Waals surface area contributed by atoms with Crippen molar-refractivity contribution in [3.05, 3.63) is 151 Å². The van der Waals surface area contributed by atoms with Gasteiger partial charge in [-0.15, -0.1) is 11.3 Å². The minimum Gasteiger partial charge on any atom is -0.453 e. The molecule has 0 bridgehead atoms. The Balaban J connectivity index is 1.35. The normalized spacial score (nSPS) is 12.0. The number of hydrogen-bond donors (Lipinski definition) is 0. The molecule has 0 aliphatic heterocycles. The maximum atomic E-state index is 7.15. The summed E-state index contributed by atoms with van der Waals surface area (Å²) in [5.74, 6) is 0. The third kappa shape index (κ3) is 3.84. The number of rotatable bonds is 3. The van der Waals surface area contributed by atoms with Crippen molar-refractivity contribution in [2.75, 3.05) is 0 Å². The minimum atomic E-state index is 0.899. The molecule has 3 heterocycles. The summed E-state index contributed by atoms with van der Waals surface area (Å²) in [6, 6.07) is 50.8. The first-order chi connectivity index (χ1) is 23.1. The Morgan fingerprint density at radius 1 is 0.489 bits per heavy atom. The maximum absolute atomic E-state index is 7.15. The van der Waals surface area contributed by atoms with Crippen LogP contribution in [0.1, 0.15) is 11.1 Å². The van der Waals surface area contributed by atoms with Crippen molar-refractivity contribution >= 4 is 75.3 Å². The van der Waals surface area contributed by atoms with Crippen molar-refractivity contribution in [1.29, 1.82) is 0 Å². The van der Waals surface area contributed by atoms with Crippen molar-refractivity contribution in [1.82, 2.24) is 4.57 Å². The number of thiophene rings is 1. The number of para-hydroxylation sites is 1. The summed E-state index contributed by atoms with van der Waals surface area (Å²) in [6.45, 7) is 4.34. The lowest BCUT2D eigenvalue weighted by Gasteiger charge is -2.10. The zero-order chi connectivity index (χ0) is 31.2. The highest BCUT2D eigenvalue weighted by Crippen LogP contribution is 2.47. The van der Waals surface area contributed by atoms with Crippen LogP contribution in [0.2, 0.25) is 0 Å². The van der Waals surface area contributed by atoms with Crippen LogP contribution in [0.3, 0.4) is 0 Å². The van der Waals surface area contributed by atoms with Gasteiger partial charge in [-0.25, -0.2) is 0 Å². The molecular weight excluding hydrogens is 591 g/mol. The number of aromatic nitrogens is 1. The van der Waals surface area contributed by atoms with Gasteiger partial charge in [0.15, 0.2) is 5.58 Å². The van der Waals surface area contributed by atoms with Crippen molar-refractivity contribution < 1.29 is 4.42 Å². The first-order valence-electron chi connectivity index (χ1n) is 16.1. The van der Waals surface area contributed by atoms with E-state index in [0.717, 1.165) is 38.8 Å². The van der Waals surface area contributed by atoms with Crippen molar-refractivity contribution in [2.24, 2.45) is 0 Å². The lowest BCUT2D eigenvalue weighted by Crippen LogP contribution is -1.94. The molecule has 0 aliphatic rings. The fraction of sp³-hybridized carbons (Fsp3) is 0.0455. The Kier molecular flexibility index (Phi) is 5.61. The second-order valence-electron chi connectivity index (χ2n) is 12.6. The van der Waals surface area contributed by atoms with Crippen LogP contribution in [-0.2, 0) is 0 Å². The highest BCUT2D eigenvalue weighted by Gasteiger charge is 2.23. The molecule has 0 atom stereocenters. The van der Waals surface area contributed by atoms with Crippen LogP contribution in [-0.4, -0.2) is 4.57 Å². The lowest BCUT2D eigenvalue weighted by atomic mass is 9.94. The van der Waals surface area contributed by atoms with Gasteiger partial charge in [-0.3, -0.25) is 0 Å². The molecule has 3 heteroatoms. The third-order valence-electron chi connectivity index (χ3n) is 9.72. The maximum Gasteiger partial charge on any atom is 0.159 e. The standard InChI is InChI=1S/C44H29NOS/c1-26-18-22-37-35(24-26)36-25-27(2)19-23-38(36)45(37)39-16-9-15-34-41-31(21-20-29(43(41)46-42(34)39)28-10-4-3-5-11-28)33-14-8-13-32-30-12-6-7-17-40(30)47-44(32)33/h3-25H,1-2H3. The molecule has 0 spiro atoms. The molecule has 0 fully saturated rings. The van der Waals surface area contributed by atoms with Crippen LogP contribution in [0.25, 0.3) is 91.9 Å². The van der Waals surface area contributed by atoms with Crippen molar-refractivity contribution in [3.8, 4) is 27.9 Å². The second-order valence-corrected chi connectivity index (χ2v) is 13.7. The SMILES string of the molecule is Cc1ccc2c(c1)c1cc(C)ccc1n2-c1cccc2c1oc1c(-c3ccccc3)ccc(-c3cccc4c3sc3ccccc34)c12. The zero-order valence-electron chi connectivity index (χ0n) is 26.0. The van der Waals surface area contributed by atoms with Crippen molar-refractivity contribution in [3.63, 3.8) is 0 Å². The first kappa shape index (κ1) is 26.6. The molecule has 222 valence electrons. The summed E-state index contributed by atoms with van der Waals surface area (Å²) < 4.78 is 12.2. The van der Waals surface area contributed by atoms with Gasteiger partial charge < -0.3 is 8.98 Å². The Bertz CT molecular complexity index is 2810. The predicted molar refractivity (Wildman–Crippen MR) is 201 cm³/mol. The number of fused-ring (bicyclic) bond motifs is 9. The molecule has 10 aromatic rings. The van der Waals surface area contributed by atoms with Crippen LogP contribution >= 0.6 is 11.3 Å². The monoisotopic (exact) mass is 619 g/mol. The molecule has 0 N–H and O–H groups in total. The van der Waals surface area contributed by atoms with Crippen LogP contribution in [0.4, 0.5) is 0 Å². The van der Waals surface area contributed by atoms with E-state index in [2.05, 4.69) is 158 Å².